The Kier molecular flexibility index (Phi) is 5.49. The van der Waals surface area contributed by atoms with Crippen LogP contribution < -0.4 is 4.74 Å². The van der Waals surface area contributed by atoms with Crippen molar-refractivity contribution in [3.63, 3.8) is 0 Å². The average Bonchev–Trinajstić information content (AvgIpc) is 3.30. The van der Waals surface area contributed by atoms with Crippen LogP contribution in [0.25, 0.3) is 21.8 Å². The normalized spacial score (nSPS) is 12.5. The molecule has 0 radical (unpaired) electrons. The Morgan fingerprint density at radius 1 is 0.697 bits per heavy atom. The Balaban J connectivity index is 1.96. The van der Waals surface area contributed by atoms with E-state index in [1.807, 2.05) is 0 Å². The molecule has 0 aliphatic heterocycles. The van der Waals surface area contributed by atoms with Crippen LogP contribution in [0.4, 0.5) is 0 Å². The van der Waals surface area contributed by atoms with Crippen molar-refractivity contribution in [2.75, 3.05) is 7.11 Å². The predicted molar refractivity (Wildman–Crippen MR) is 139 cm³/mol. The third kappa shape index (κ3) is 3.18. The van der Waals surface area contributed by atoms with Gasteiger partial charge in [0, 0.05) is 46.7 Å². The van der Waals surface area contributed by atoms with Crippen LogP contribution in [-0.2, 0) is 13.1 Å². The molecule has 3 aromatic carbocycles. The van der Waals surface area contributed by atoms with E-state index >= 15 is 0 Å². The molecule has 2 heterocycles. The topological polar surface area (TPSA) is 19.1 Å². The summed E-state index contributed by atoms with van der Waals surface area (Å²) in [6, 6.07) is 26.2. The van der Waals surface area contributed by atoms with Crippen molar-refractivity contribution < 1.29 is 4.74 Å². The molecule has 0 aliphatic rings. The molecule has 168 valence electrons. The van der Waals surface area contributed by atoms with Gasteiger partial charge in [-0.2, -0.15) is 0 Å². The highest BCUT2D eigenvalue weighted by Gasteiger charge is 2.30. The Labute approximate surface area is 196 Å². The Hall–Kier alpha value is -3.46. The summed E-state index contributed by atoms with van der Waals surface area (Å²) in [6.07, 6.45) is 0. The van der Waals surface area contributed by atoms with Gasteiger partial charge in [-0.05, 0) is 62.6 Å². The second-order valence-corrected chi connectivity index (χ2v) is 8.70. The molecule has 0 N–H and O–H groups in total. The predicted octanol–water partition coefficient (Wildman–Crippen LogP) is 7.44. The lowest BCUT2D eigenvalue weighted by Crippen LogP contribution is -2.08. The zero-order valence-corrected chi connectivity index (χ0v) is 20.2. The first-order chi connectivity index (χ1) is 16.1. The van der Waals surface area contributed by atoms with Gasteiger partial charge in [0.15, 0.2) is 0 Å². The summed E-state index contributed by atoms with van der Waals surface area (Å²) in [6.45, 7) is 10.9. The van der Waals surface area contributed by atoms with Gasteiger partial charge < -0.3 is 13.9 Å². The highest BCUT2D eigenvalue weighted by atomic mass is 16.5. The molecule has 1 unspecified atom stereocenters. The van der Waals surface area contributed by atoms with E-state index < -0.39 is 0 Å². The van der Waals surface area contributed by atoms with Gasteiger partial charge in [0.25, 0.3) is 0 Å². The van der Waals surface area contributed by atoms with Crippen LogP contribution in [-0.4, -0.2) is 16.2 Å². The minimum atomic E-state index is 0.107. The number of aryl methyl sites for hydroxylation is 2. The van der Waals surface area contributed by atoms with Gasteiger partial charge in [-0.1, -0.05) is 54.6 Å². The fraction of sp³-hybridized carbons (Fsp3) is 0.267. The van der Waals surface area contributed by atoms with Gasteiger partial charge in [0.1, 0.15) is 5.75 Å². The van der Waals surface area contributed by atoms with E-state index in [1.54, 1.807) is 7.11 Å². The number of methoxy groups -OCH3 is 1. The first kappa shape index (κ1) is 21.4. The van der Waals surface area contributed by atoms with Gasteiger partial charge >= 0.3 is 0 Å². The Bertz CT molecular complexity index is 1440. The molecule has 0 bridgehead atoms. The van der Waals surface area contributed by atoms with E-state index in [0.29, 0.717) is 0 Å². The van der Waals surface area contributed by atoms with Gasteiger partial charge in [-0.3, -0.25) is 0 Å². The summed E-state index contributed by atoms with van der Waals surface area (Å²) in [7, 11) is 1.78. The minimum absolute atomic E-state index is 0.107. The molecule has 0 aliphatic carbocycles. The number of ether oxygens (including phenoxy) is 1. The minimum Gasteiger partial charge on any atom is -0.496 e. The third-order valence-corrected chi connectivity index (χ3v) is 7.20. The lowest BCUT2D eigenvalue weighted by molar-refractivity contribution is 0.419. The molecule has 0 saturated heterocycles. The third-order valence-electron chi connectivity index (χ3n) is 7.20. The average molecular weight is 437 g/mol. The smallest absolute Gasteiger partial charge is 0.128 e. The number of hydrogen-bond donors (Lipinski definition) is 0. The zero-order chi connectivity index (χ0) is 23.1. The molecule has 1 atom stereocenters. The first-order valence-corrected chi connectivity index (χ1v) is 11.9. The number of nitrogens with zero attached hydrogens (tertiary/aromatic N) is 2. The zero-order valence-electron chi connectivity index (χ0n) is 20.2. The maximum atomic E-state index is 5.93. The van der Waals surface area contributed by atoms with Crippen LogP contribution in [0.1, 0.15) is 47.8 Å². The quantitative estimate of drug-likeness (QED) is 0.271. The molecule has 3 heteroatoms. The number of benzene rings is 3. The highest BCUT2D eigenvalue weighted by Crippen LogP contribution is 2.46. The summed E-state index contributed by atoms with van der Waals surface area (Å²) in [5, 5.41) is 2.55. The molecule has 0 saturated carbocycles. The van der Waals surface area contributed by atoms with Crippen LogP contribution in [0.3, 0.4) is 0 Å². The lowest BCUT2D eigenvalue weighted by atomic mass is 9.82. The molecule has 5 rings (SSSR count). The summed E-state index contributed by atoms with van der Waals surface area (Å²) in [4.78, 5) is 0. The molecule has 0 spiro atoms. The van der Waals surface area contributed by atoms with Crippen molar-refractivity contribution in [3.8, 4) is 5.75 Å². The standard InChI is InChI=1S/C30H32N2O/c1-6-31-20(3)27(23-16-11-12-17-24(23)31)29(22-14-9-8-10-15-22)28-21(4)32(7-2)25-18-13-19-26(33-5)30(25)28/h8-19,29H,6-7H2,1-5H3. The SMILES string of the molecule is CCn1c(C)c(C(c2ccccc2)c2c(C)n(CC)c3cccc(OC)c23)c2ccccc21. The number of hydrogen-bond acceptors (Lipinski definition) is 1. The Morgan fingerprint density at radius 2 is 1.30 bits per heavy atom. The summed E-state index contributed by atoms with van der Waals surface area (Å²) in [5.74, 6) is 1.05. The van der Waals surface area contributed by atoms with Crippen molar-refractivity contribution in [2.45, 2.75) is 46.7 Å². The fourth-order valence-corrected chi connectivity index (χ4v) is 5.81. The van der Waals surface area contributed by atoms with Crippen LogP contribution in [0.15, 0.2) is 72.8 Å². The van der Waals surface area contributed by atoms with Crippen LogP contribution in [0, 0.1) is 13.8 Å². The maximum absolute atomic E-state index is 5.93. The van der Waals surface area contributed by atoms with Crippen molar-refractivity contribution in [1.82, 2.24) is 9.13 Å². The molecular weight excluding hydrogens is 404 g/mol. The largest absolute Gasteiger partial charge is 0.496 e. The molecule has 2 aromatic heterocycles. The lowest BCUT2D eigenvalue weighted by Gasteiger charge is -2.21. The van der Waals surface area contributed by atoms with E-state index in [1.165, 1.54) is 49.9 Å². The maximum Gasteiger partial charge on any atom is 0.128 e. The van der Waals surface area contributed by atoms with Crippen molar-refractivity contribution >= 4 is 21.8 Å². The summed E-state index contributed by atoms with van der Waals surface area (Å²) in [5.41, 5.74) is 9.22. The first-order valence-electron chi connectivity index (χ1n) is 11.9. The van der Waals surface area contributed by atoms with Crippen LogP contribution >= 0.6 is 0 Å². The molecule has 33 heavy (non-hydrogen) atoms. The van der Waals surface area contributed by atoms with E-state index in [4.69, 9.17) is 4.74 Å². The van der Waals surface area contributed by atoms with E-state index in [9.17, 15) is 0 Å². The van der Waals surface area contributed by atoms with Gasteiger partial charge in [-0.15, -0.1) is 0 Å². The number of para-hydroxylation sites is 1. The molecule has 5 aromatic rings. The summed E-state index contributed by atoms with van der Waals surface area (Å²) < 4.78 is 10.8. The molecule has 0 fully saturated rings. The van der Waals surface area contributed by atoms with E-state index in [-0.39, 0.29) is 5.92 Å². The fourth-order valence-electron chi connectivity index (χ4n) is 5.81. The Morgan fingerprint density at radius 3 is 2.00 bits per heavy atom. The highest BCUT2D eigenvalue weighted by molar-refractivity contribution is 5.95. The van der Waals surface area contributed by atoms with Crippen molar-refractivity contribution in [3.05, 3.63) is 101 Å². The van der Waals surface area contributed by atoms with Crippen molar-refractivity contribution in [1.29, 1.82) is 0 Å². The van der Waals surface area contributed by atoms with Gasteiger partial charge in [-0.25, -0.2) is 0 Å². The monoisotopic (exact) mass is 436 g/mol. The number of aromatic nitrogens is 2. The second-order valence-electron chi connectivity index (χ2n) is 8.70. The second kappa shape index (κ2) is 8.47. The molecule has 3 nitrogen and oxygen atoms in total. The van der Waals surface area contributed by atoms with E-state index in [0.717, 1.165) is 18.8 Å². The van der Waals surface area contributed by atoms with E-state index in [2.05, 4.69) is 110 Å². The number of fused-ring (bicyclic) bond motifs is 2. The summed E-state index contributed by atoms with van der Waals surface area (Å²) >= 11 is 0. The van der Waals surface area contributed by atoms with Gasteiger partial charge in [0.2, 0.25) is 0 Å². The van der Waals surface area contributed by atoms with Crippen molar-refractivity contribution in [2.24, 2.45) is 0 Å². The van der Waals surface area contributed by atoms with Crippen LogP contribution in [0.5, 0.6) is 5.75 Å². The molecular formula is C30H32N2O. The number of rotatable bonds is 6. The van der Waals surface area contributed by atoms with Gasteiger partial charge in [0.05, 0.1) is 12.6 Å². The molecule has 0 amide bonds. The van der Waals surface area contributed by atoms with Crippen LogP contribution in [0.2, 0.25) is 0 Å².